The molecule has 2 atom stereocenters. The summed E-state index contributed by atoms with van der Waals surface area (Å²) in [4.78, 5) is 11.5. The van der Waals surface area contributed by atoms with Crippen molar-refractivity contribution in [2.75, 3.05) is 0 Å². The third-order valence-electron chi connectivity index (χ3n) is 3.05. The van der Waals surface area contributed by atoms with Gasteiger partial charge in [0, 0.05) is 11.8 Å². The van der Waals surface area contributed by atoms with E-state index in [0.717, 1.165) is 19.3 Å². The Morgan fingerprint density at radius 3 is 2.91 bits per heavy atom. The smallest absolute Gasteiger partial charge is 0.143 e. The van der Waals surface area contributed by atoms with Crippen molar-refractivity contribution < 1.29 is 4.79 Å². The van der Waals surface area contributed by atoms with Gasteiger partial charge in [-0.1, -0.05) is 23.3 Å². The molecule has 0 N–H and O–H groups in total. The maximum atomic E-state index is 11.5. The van der Waals surface area contributed by atoms with Crippen LogP contribution in [-0.4, -0.2) is 5.78 Å². The molecule has 0 saturated heterocycles. The molecule has 11 heavy (non-hydrogen) atoms. The van der Waals surface area contributed by atoms with Crippen LogP contribution in [-0.2, 0) is 4.79 Å². The third kappa shape index (κ3) is 0.635. The molecule has 0 aromatic heterocycles. The van der Waals surface area contributed by atoms with Crippen molar-refractivity contribution >= 4 is 5.78 Å². The van der Waals surface area contributed by atoms with E-state index in [2.05, 4.69) is 12.2 Å². The van der Waals surface area contributed by atoms with Gasteiger partial charge in [-0.05, 0) is 19.3 Å². The highest BCUT2D eigenvalue weighted by Crippen LogP contribution is 2.44. The number of allylic oxidation sites excluding steroid dienone is 4. The zero-order valence-electron chi connectivity index (χ0n) is 6.34. The fourth-order valence-electron chi connectivity index (χ4n) is 2.60. The standard InChI is InChI=1S/C10H10O/c11-10-8-2-6-1-7(4-8)5-9(10)3-6/h1-2,8-9H,3-5H2. The molecule has 0 amide bonds. The maximum Gasteiger partial charge on any atom is 0.143 e. The highest BCUT2D eigenvalue weighted by molar-refractivity contribution is 5.89. The fraction of sp³-hybridized carbons (Fsp3) is 0.500. The minimum atomic E-state index is 0.275. The second-order valence-electron chi connectivity index (χ2n) is 3.86. The topological polar surface area (TPSA) is 17.1 Å². The summed E-state index contributed by atoms with van der Waals surface area (Å²) in [6.45, 7) is 0. The molecule has 0 aromatic carbocycles. The third-order valence-corrected chi connectivity index (χ3v) is 3.05. The number of rotatable bonds is 0. The van der Waals surface area contributed by atoms with E-state index in [1.54, 1.807) is 0 Å². The zero-order valence-corrected chi connectivity index (χ0v) is 6.34. The molecule has 4 aliphatic carbocycles. The molecule has 1 nitrogen and oxygen atoms in total. The van der Waals surface area contributed by atoms with Crippen LogP contribution in [0, 0.1) is 11.8 Å². The molecule has 0 aliphatic heterocycles. The number of hydrogen-bond acceptors (Lipinski definition) is 1. The Hall–Kier alpha value is -0.850. The van der Waals surface area contributed by atoms with E-state index < -0.39 is 0 Å². The molecule has 0 spiro atoms. The SMILES string of the molecule is O=C1C2C=C3C=C(C2)CC1C3. The van der Waals surface area contributed by atoms with Gasteiger partial charge in [0.1, 0.15) is 5.78 Å². The predicted octanol–water partition coefficient (Wildman–Crippen LogP) is 1.85. The summed E-state index contributed by atoms with van der Waals surface area (Å²) in [6.07, 6.45) is 7.57. The normalized spacial score (nSPS) is 39.1. The van der Waals surface area contributed by atoms with Crippen LogP contribution in [0.5, 0.6) is 0 Å². The molecule has 4 bridgehead atoms. The van der Waals surface area contributed by atoms with Crippen molar-refractivity contribution in [3.05, 3.63) is 23.3 Å². The Bertz CT molecular complexity index is 296. The van der Waals surface area contributed by atoms with Crippen molar-refractivity contribution in [1.82, 2.24) is 0 Å². The van der Waals surface area contributed by atoms with Crippen molar-refractivity contribution in [2.24, 2.45) is 11.8 Å². The summed E-state index contributed by atoms with van der Waals surface area (Å²) in [7, 11) is 0. The van der Waals surface area contributed by atoms with Crippen LogP contribution >= 0.6 is 0 Å². The summed E-state index contributed by atoms with van der Waals surface area (Å²) in [6, 6.07) is 0. The van der Waals surface area contributed by atoms with Gasteiger partial charge in [0.15, 0.2) is 0 Å². The molecule has 0 radical (unpaired) electrons. The molecule has 4 aliphatic rings. The van der Waals surface area contributed by atoms with Gasteiger partial charge >= 0.3 is 0 Å². The highest BCUT2D eigenvalue weighted by atomic mass is 16.1. The zero-order chi connectivity index (χ0) is 7.42. The lowest BCUT2D eigenvalue weighted by Gasteiger charge is -2.37. The van der Waals surface area contributed by atoms with Crippen molar-refractivity contribution in [3.8, 4) is 0 Å². The molecular formula is C10H10O. The Kier molecular flexibility index (Phi) is 0.867. The number of ketones is 1. The van der Waals surface area contributed by atoms with Gasteiger partial charge in [0.2, 0.25) is 0 Å². The molecule has 0 aromatic rings. The van der Waals surface area contributed by atoms with Crippen molar-refractivity contribution in [1.29, 1.82) is 0 Å². The minimum Gasteiger partial charge on any atom is -0.299 e. The lowest BCUT2D eigenvalue weighted by Crippen LogP contribution is -2.34. The minimum absolute atomic E-state index is 0.275. The first-order valence-electron chi connectivity index (χ1n) is 4.27. The van der Waals surface area contributed by atoms with Crippen molar-refractivity contribution in [3.63, 3.8) is 0 Å². The number of hydrogen-bond donors (Lipinski definition) is 0. The second-order valence-corrected chi connectivity index (χ2v) is 3.86. The molecule has 4 rings (SSSR count). The van der Waals surface area contributed by atoms with E-state index in [4.69, 9.17) is 0 Å². The summed E-state index contributed by atoms with van der Waals surface area (Å²) >= 11 is 0. The highest BCUT2D eigenvalue weighted by Gasteiger charge is 2.38. The summed E-state index contributed by atoms with van der Waals surface area (Å²) in [5.41, 5.74) is 2.94. The fourth-order valence-corrected chi connectivity index (χ4v) is 2.60. The molecule has 56 valence electrons. The number of Topliss-reactive ketones (excluding diaryl/α,β-unsaturated/α-hetero) is 1. The van der Waals surface area contributed by atoms with Crippen LogP contribution in [0.4, 0.5) is 0 Å². The van der Waals surface area contributed by atoms with E-state index in [9.17, 15) is 4.79 Å². The quantitative estimate of drug-likeness (QED) is 0.509. The van der Waals surface area contributed by atoms with E-state index in [0.29, 0.717) is 11.7 Å². The first-order chi connectivity index (χ1) is 5.33. The molecular weight excluding hydrogens is 136 g/mol. The Labute approximate surface area is 65.8 Å². The summed E-state index contributed by atoms with van der Waals surface area (Å²) in [5, 5.41) is 0. The lowest BCUT2D eigenvalue weighted by atomic mass is 9.66. The first-order valence-corrected chi connectivity index (χ1v) is 4.27. The van der Waals surface area contributed by atoms with Gasteiger partial charge in [-0.2, -0.15) is 0 Å². The van der Waals surface area contributed by atoms with Gasteiger partial charge in [-0.3, -0.25) is 4.79 Å². The van der Waals surface area contributed by atoms with Gasteiger partial charge in [-0.15, -0.1) is 0 Å². The Morgan fingerprint density at radius 1 is 1.27 bits per heavy atom. The summed E-state index contributed by atoms with van der Waals surface area (Å²) < 4.78 is 0. The van der Waals surface area contributed by atoms with Crippen LogP contribution in [0.2, 0.25) is 0 Å². The van der Waals surface area contributed by atoms with Crippen LogP contribution < -0.4 is 0 Å². The van der Waals surface area contributed by atoms with E-state index in [1.807, 2.05) is 0 Å². The maximum absolute atomic E-state index is 11.5. The molecule has 1 fully saturated rings. The largest absolute Gasteiger partial charge is 0.299 e. The molecule has 1 heteroatoms. The average Bonchev–Trinajstić information content (AvgIpc) is 1.98. The predicted molar refractivity (Wildman–Crippen MR) is 42.0 cm³/mol. The van der Waals surface area contributed by atoms with E-state index >= 15 is 0 Å². The molecule has 0 heterocycles. The Morgan fingerprint density at radius 2 is 2.18 bits per heavy atom. The second kappa shape index (κ2) is 1.66. The lowest BCUT2D eigenvalue weighted by molar-refractivity contribution is -0.127. The van der Waals surface area contributed by atoms with Crippen LogP contribution in [0.1, 0.15) is 19.3 Å². The van der Waals surface area contributed by atoms with Crippen LogP contribution in [0.25, 0.3) is 0 Å². The van der Waals surface area contributed by atoms with E-state index in [1.165, 1.54) is 11.1 Å². The molecule has 2 unspecified atom stereocenters. The van der Waals surface area contributed by atoms with Gasteiger partial charge < -0.3 is 0 Å². The average molecular weight is 146 g/mol. The van der Waals surface area contributed by atoms with Crippen LogP contribution in [0.15, 0.2) is 23.3 Å². The molecule has 1 saturated carbocycles. The number of carbonyl (C=O) groups excluding carboxylic acids is 1. The van der Waals surface area contributed by atoms with Gasteiger partial charge in [0.05, 0.1) is 0 Å². The monoisotopic (exact) mass is 146 g/mol. The van der Waals surface area contributed by atoms with Gasteiger partial charge in [-0.25, -0.2) is 0 Å². The van der Waals surface area contributed by atoms with Crippen LogP contribution in [0.3, 0.4) is 0 Å². The first kappa shape index (κ1) is 5.76. The Balaban J connectivity index is 2.18. The van der Waals surface area contributed by atoms with E-state index in [-0.39, 0.29) is 5.92 Å². The summed E-state index contributed by atoms with van der Waals surface area (Å²) in [5.74, 6) is 1.15. The van der Waals surface area contributed by atoms with Gasteiger partial charge in [0.25, 0.3) is 0 Å². The van der Waals surface area contributed by atoms with Crippen molar-refractivity contribution in [2.45, 2.75) is 19.3 Å². The number of carbonyl (C=O) groups is 1.